The molecular formula is C26H26ClN5O2. The van der Waals surface area contributed by atoms with Gasteiger partial charge in [-0.3, -0.25) is 9.89 Å². The number of rotatable bonds is 5. The Morgan fingerprint density at radius 1 is 1.24 bits per heavy atom. The van der Waals surface area contributed by atoms with Gasteiger partial charge in [-0.1, -0.05) is 35.6 Å². The molecule has 3 aromatic rings. The summed E-state index contributed by atoms with van der Waals surface area (Å²) in [6.45, 7) is 5.88. The predicted octanol–water partition coefficient (Wildman–Crippen LogP) is 3.91. The normalized spacial score (nSPS) is 17.9. The summed E-state index contributed by atoms with van der Waals surface area (Å²) in [6.07, 6.45) is 8.99. The molecule has 4 rings (SSSR count). The number of pyridine rings is 1. The maximum absolute atomic E-state index is 12.8. The van der Waals surface area contributed by atoms with Gasteiger partial charge in [-0.2, -0.15) is 5.10 Å². The number of H-pyrrole nitrogens is 1. The molecule has 1 aliphatic heterocycles. The minimum absolute atomic E-state index is 0.0765. The number of hydrogen-bond acceptors (Lipinski definition) is 5. The fourth-order valence-corrected chi connectivity index (χ4v) is 3.88. The standard InChI is InChI=1S/C26H26ClN5O2/c1-18-16-32(17-19(2)34-18)25-22(8-5-20-6-9-24(27)10-7-20)12-23(15-29-25)26(33)28-11-3-4-21-13-30-31-14-21/h3-4,6-7,9-10,12-15,18-19H,11,16-17H2,1-2H3,(H,28,33)(H,30,31). The number of ether oxygens (including phenoxy) is 1. The molecule has 8 heteroatoms. The second kappa shape index (κ2) is 11.0. The van der Waals surface area contributed by atoms with E-state index in [0.29, 0.717) is 35.8 Å². The van der Waals surface area contributed by atoms with E-state index in [4.69, 9.17) is 16.3 Å². The maximum Gasteiger partial charge on any atom is 0.253 e. The number of halogens is 1. The number of carbonyl (C=O) groups excluding carboxylic acids is 1. The third-order valence-corrected chi connectivity index (χ3v) is 5.50. The molecule has 2 unspecified atom stereocenters. The van der Waals surface area contributed by atoms with Crippen molar-refractivity contribution in [3.8, 4) is 11.8 Å². The van der Waals surface area contributed by atoms with Crippen LogP contribution in [-0.2, 0) is 4.74 Å². The summed E-state index contributed by atoms with van der Waals surface area (Å²) in [5.41, 5.74) is 2.92. The number of hydrogen-bond donors (Lipinski definition) is 2. The van der Waals surface area contributed by atoms with Crippen LogP contribution in [0.2, 0.25) is 5.02 Å². The van der Waals surface area contributed by atoms with Crippen molar-refractivity contribution in [3.05, 3.63) is 82.3 Å². The Morgan fingerprint density at radius 2 is 2.00 bits per heavy atom. The Morgan fingerprint density at radius 3 is 2.71 bits per heavy atom. The first kappa shape index (κ1) is 23.6. The second-order valence-corrected chi connectivity index (χ2v) is 8.59. The van der Waals surface area contributed by atoms with Crippen LogP contribution in [0.15, 0.2) is 55.0 Å². The van der Waals surface area contributed by atoms with Crippen LogP contribution >= 0.6 is 11.6 Å². The lowest BCUT2D eigenvalue weighted by Crippen LogP contribution is -2.46. The van der Waals surface area contributed by atoms with Gasteiger partial charge >= 0.3 is 0 Å². The van der Waals surface area contributed by atoms with E-state index >= 15 is 0 Å². The summed E-state index contributed by atoms with van der Waals surface area (Å²) in [6, 6.07) is 9.13. The molecule has 0 saturated carbocycles. The van der Waals surface area contributed by atoms with E-state index in [2.05, 4.69) is 37.2 Å². The zero-order chi connectivity index (χ0) is 23.9. The number of benzene rings is 1. The van der Waals surface area contributed by atoms with E-state index in [1.54, 1.807) is 36.8 Å². The van der Waals surface area contributed by atoms with E-state index in [1.165, 1.54) is 0 Å². The van der Waals surface area contributed by atoms with Gasteiger partial charge in [0, 0.05) is 48.2 Å². The van der Waals surface area contributed by atoms with Crippen LogP contribution < -0.4 is 10.2 Å². The van der Waals surface area contributed by atoms with Gasteiger partial charge in [-0.25, -0.2) is 4.98 Å². The van der Waals surface area contributed by atoms with Gasteiger partial charge in [-0.05, 0) is 44.2 Å². The van der Waals surface area contributed by atoms with Crippen LogP contribution in [0.4, 0.5) is 5.82 Å². The summed E-state index contributed by atoms with van der Waals surface area (Å²) >= 11 is 5.99. The largest absolute Gasteiger partial charge is 0.372 e. The van der Waals surface area contributed by atoms with E-state index < -0.39 is 0 Å². The molecule has 1 aromatic carbocycles. The highest BCUT2D eigenvalue weighted by atomic mass is 35.5. The SMILES string of the molecule is CC1CN(c2ncc(C(=O)NCC=Cc3cn[nH]c3)cc2C#Cc2ccc(Cl)cc2)CC(C)O1. The van der Waals surface area contributed by atoms with E-state index in [1.807, 2.05) is 38.1 Å². The van der Waals surface area contributed by atoms with Crippen molar-refractivity contribution in [2.75, 3.05) is 24.5 Å². The third kappa shape index (κ3) is 6.25. The predicted molar refractivity (Wildman–Crippen MR) is 134 cm³/mol. The van der Waals surface area contributed by atoms with Gasteiger partial charge in [0.05, 0.1) is 29.5 Å². The molecule has 3 heterocycles. The summed E-state index contributed by atoms with van der Waals surface area (Å²) in [7, 11) is 0. The van der Waals surface area contributed by atoms with E-state index in [-0.39, 0.29) is 18.1 Å². The Kier molecular flexibility index (Phi) is 7.63. The number of nitrogens with zero attached hydrogens (tertiary/aromatic N) is 3. The first-order valence-corrected chi connectivity index (χ1v) is 11.5. The minimum Gasteiger partial charge on any atom is -0.372 e. The summed E-state index contributed by atoms with van der Waals surface area (Å²) in [4.78, 5) is 19.6. The molecule has 0 radical (unpaired) electrons. The van der Waals surface area contributed by atoms with Crippen LogP contribution in [0.3, 0.4) is 0 Å². The van der Waals surface area contributed by atoms with Crippen molar-refractivity contribution in [1.29, 1.82) is 0 Å². The average Bonchev–Trinajstić information content (AvgIpc) is 3.34. The van der Waals surface area contributed by atoms with Gasteiger partial charge in [0.2, 0.25) is 0 Å². The fourth-order valence-electron chi connectivity index (χ4n) is 3.75. The number of aromatic nitrogens is 3. The molecule has 2 N–H and O–H groups in total. The first-order valence-electron chi connectivity index (χ1n) is 11.1. The number of nitrogens with one attached hydrogen (secondary N) is 2. The van der Waals surface area contributed by atoms with Crippen molar-refractivity contribution in [1.82, 2.24) is 20.5 Å². The zero-order valence-corrected chi connectivity index (χ0v) is 19.8. The van der Waals surface area contributed by atoms with Crippen LogP contribution in [0.5, 0.6) is 0 Å². The molecule has 2 aromatic heterocycles. The van der Waals surface area contributed by atoms with Crippen molar-refractivity contribution < 1.29 is 9.53 Å². The average molecular weight is 476 g/mol. The molecule has 1 saturated heterocycles. The molecule has 0 spiro atoms. The molecular weight excluding hydrogens is 450 g/mol. The molecule has 34 heavy (non-hydrogen) atoms. The Hall–Kier alpha value is -3.60. The number of aromatic amines is 1. The number of anilines is 1. The van der Waals surface area contributed by atoms with Crippen molar-refractivity contribution in [2.45, 2.75) is 26.1 Å². The first-order chi connectivity index (χ1) is 16.5. The van der Waals surface area contributed by atoms with Crippen molar-refractivity contribution >= 4 is 29.4 Å². The molecule has 7 nitrogen and oxygen atoms in total. The fraction of sp³-hybridized carbons (Fsp3) is 0.269. The highest BCUT2D eigenvalue weighted by Gasteiger charge is 2.25. The molecule has 2 atom stereocenters. The minimum atomic E-state index is -0.214. The molecule has 1 aliphatic rings. The Labute approximate surface area is 204 Å². The lowest BCUT2D eigenvalue weighted by atomic mass is 10.1. The second-order valence-electron chi connectivity index (χ2n) is 8.16. The highest BCUT2D eigenvalue weighted by Crippen LogP contribution is 2.23. The lowest BCUT2D eigenvalue weighted by molar-refractivity contribution is -0.00547. The van der Waals surface area contributed by atoms with Gasteiger partial charge in [0.15, 0.2) is 0 Å². The number of carbonyl (C=O) groups is 1. The van der Waals surface area contributed by atoms with Gasteiger partial charge < -0.3 is 15.0 Å². The third-order valence-electron chi connectivity index (χ3n) is 5.24. The molecule has 1 fully saturated rings. The molecule has 0 aliphatic carbocycles. The summed E-state index contributed by atoms with van der Waals surface area (Å²) < 4.78 is 5.87. The smallest absolute Gasteiger partial charge is 0.253 e. The Balaban J connectivity index is 1.57. The van der Waals surface area contributed by atoms with Gasteiger partial charge in [0.25, 0.3) is 5.91 Å². The van der Waals surface area contributed by atoms with Crippen LogP contribution in [0, 0.1) is 11.8 Å². The maximum atomic E-state index is 12.8. The van der Waals surface area contributed by atoms with Gasteiger partial charge in [0.1, 0.15) is 5.82 Å². The monoisotopic (exact) mass is 475 g/mol. The van der Waals surface area contributed by atoms with E-state index in [0.717, 1.165) is 16.9 Å². The lowest BCUT2D eigenvalue weighted by Gasteiger charge is -2.36. The van der Waals surface area contributed by atoms with Crippen molar-refractivity contribution in [3.63, 3.8) is 0 Å². The topological polar surface area (TPSA) is 83.1 Å². The van der Waals surface area contributed by atoms with E-state index in [9.17, 15) is 4.79 Å². The van der Waals surface area contributed by atoms with Gasteiger partial charge in [-0.15, -0.1) is 0 Å². The van der Waals surface area contributed by atoms with Crippen LogP contribution in [-0.4, -0.2) is 52.9 Å². The summed E-state index contributed by atoms with van der Waals surface area (Å²) in [5.74, 6) is 6.92. The zero-order valence-electron chi connectivity index (χ0n) is 19.1. The molecule has 0 bridgehead atoms. The quantitative estimate of drug-likeness (QED) is 0.546. The summed E-state index contributed by atoms with van der Waals surface area (Å²) in [5, 5.41) is 10.2. The van der Waals surface area contributed by atoms with Crippen LogP contribution in [0.1, 0.15) is 40.9 Å². The highest BCUT2D eigenvalue weighted by molar-refractivity contribution is 6.30. The number of amides is 1. The Bertz CT molecular complexity index is 1200. The molecule has 174 valence electrons. The van der Waals surface area contributed by atoms with Crippen molar-refractivity contribution in [2.24, 2.45) is 0 Å². The molecule has 1 amide bonds. The number of morpholine rings is 1. The van der Waals surface area contributed by atoms with Crippen LogP contribution in [0.25, 0.3) is 6.08 Å².